The number of aromatic amines is 1. The van der Waals surface area contributed by atoms with Crippen LogP contribution in [0.15, 0.2) is 12.3 Å². The van der Waals surface area contributed by atoms with Gasteiger partial charge < -0.3 is 0 Å². The van der Waals surface area contributed by atoms with Crippen LogP contribution in [-0.4, -0.2) is 15.2 Å². The normalized spacial score (nSPS) is 12.3. The van der Waals surface area contributed by atoms with Crippen LogP contribution in [0.2, 0.25) is 0 Å². The monoisotopic (exact) mass is 313 g/mol. The van der Waals surface area contributed by atoms with Gasteiger partial charge in [0, 0.05) is 9.77 Å². The summed E-state index contributed by atoms with van der Waals surface area (Å²) in [5, 5.41) is 5.47. The summed E-state index contributed by atoms with van der Waals surface area (Å²) >= 11 is 1.82. The van der Waals surface area contributed by atoms with Gasteiger partial charge in [0.05, 0.1) is 5.39 Å². The fourth-order valence-electron chi connectivity index (χ4n) is 1.11. The van der Waals surface area contributed by atoms with E-state index < -0.39 is 11.9 Å². The van der Waals surface area contributed by atoms with Gasteiger partial charge in [-0.2, -0.15) is 18.3 Å². The minimum Gasteiger partial charge on any atom is -0.271 e. The van der Waals surface area contributed by atoms with Gasteiger partial charge in [-0.05, 0) is 28.7 Å². The Bertz CT molecular complexity index is 476. The van der Waals surface area contributed by atoms with Gasteiger partial charge in [0.1, 0.15) is 5.69 Å². The molecule has 0 saturated heterocycles. The van der Waals surface area contributed by atoms with Gasteiger partial charge in [0.2, 0.25) is 0 Å². The van der Waals surface area contributed by atoms with E-state index in [2.05, 4.69) is 10.1 Å². The number of pyridine rings is 1. The number of halogens is 4. The van der Waals surface area contributed by atoms with Crippen molar-refractivity contribution in [1.82, 2.24) is 15.2 Å². The van der Waals surface area contributed by atoms with Gasteiger partial charge in [0.25, 0.3) is 0 Å². The Kier molecular flexibility index (Phi) is 2.13. The molecule has 0 spiro atoms. The Morgan fingerprint density at radius 3 is 2.71 bits per heavy atom. The SMILES string of the molecule is FC(F)(F)c1[nH]nc2nccc(I)c12. The Morgan fingerprint density at radius 2 is 2.07 bits per heavy atom. The minimum atomic E-state index is -4.42. The molecule has 0 fully saturated rings. The van der Waals surface area contributed by atoms with Crippen LogP contribution < -0.4 is 0 Å². The van der Waals surface area contributed by atoms with Crippen LogP contribution >= 0.6 is 22.6 Å². The third-order valence-electron chi connectivity index (χ3n) is 1.69. The number of nitrogens with one attached hydrogen (secondary N) is 1. The highest BCUT2D eigenvalue weighted by molar-refractivity contribution is 14.1. The Balaban J connectivity index is 2.80. The molecule has 2 aromatic rings. The summed E-state index contributed by atoms with van der Waals surface area (Å²) in [5.41, 5.74) is -0.755. The van der Waals surface area contributed by atoms with Crippen molar-refractivity contribution in [3.63, 3.8) is 0 Å². The first-order valence-electron chi connectivity index (χ1n) is 3.56. The second-order valence-corrected chi connectivity index (χ2v) is 3.75. The van der Waals surface area contributed by atoms with Crippen LogP contribution in [0.4, 0.5) is 13.2 Å². The van der Waals surface area contributed by atoms with E-state index in [1.165, 1.54) is 12.3 Å². The third-order valence-corrected chi connectivity index (χ3v) is 2.59. The largest absolute Gasteiger partial charge is 0.433 e. The highest BCUT2D eigenvalue weighted by atomic mass is 127. The highest BCUT2D eigenvalue weighted by Gasteiger charge is 2.36. The van der Waals surface area contributed by atoms with Gasteiger partial charge in [-0.15, -0.1) is 0 Å². The molecule has 0 aliphatic carbocycles. The van der Waals surface area contributed by atoms with Gasteiger partial charge in [0.15, 0.2) is 5.65 Å². The molecule has 0 aliphatic rings. The number of alkyl halides is 3. The number of hydrogen-bond donors (Lipinski definition) is 1. The lowest BCUT2D eigenvalue weighted by Gasteiger charge is -2.03. The molecule has 0 saturated carbocycles. The van der Waals surface area contributed by atoms with Crippen LogP contribution in [-0.2, 0) is 6.18 Å². The summed E-state index contributed by atoms with van der Waals surface area (Å²) < 4.78 is 37.8. The van der Waals surface area contributed by atoms with Gasteiger partial charge in [-0.1, -0.05) is 0 Å². The molecular weight excluding hydrogens is 310 g/mol. The van der Waals surface area contributed by atoms with Crippen molar-refractivity contribution < 1.29 is 13.2 Å². The van der Waals surface area contributed by atoms with Gasteiger partial charge in [-0.3, -0.25) is 5.10 Å². The summed E-state index contributed by atoms with van der Waals surface area (Å²) in [6.07, 6.45) is -3.00. The van der Waals surface area contributed by atoms with Crippen molar-refractivity contribution in [2.45, 2.75) is 6.18 Å². The molecule has 0 amide bonds. The van der Waals surface area contributed by atoms with Crippen molar-refractivity contribution in [2.75, 3.05) is 0 Å². The zero-order chi connectivity index (χ0) is 10.3. The Hall–Kier alpha value is -0.860. The first-order chi connectivity index (χ1) is 6.50. The zero-order valence-corrected chi connectivity index (χ0v) is 8.72. The van der Waals surface area contributed by atoms with Crippen molar-refractivity contribution in [1.29, 1.82) is 0 Å². The van der Waals surface area contributed by atoms with E-state index >= 15 is 0 Å². The van der Waals surface area contributed by atoms with Gasteiger partial charge >= 0.3 is 6.18 Å². The van der Waals surface area contributed by atoms with Crippen molar-refractivity contribution >= 4 is 33.6 Å². The molecule has 74 valence electrons. The Morgan fingerprint density at radius 1 is 1.36 bits per heavy atom. The number of nitrogens with zero attached hydrogens (tertiary/aromatic N) is 2. The average Bonchev–Trinajstić information content (AvgIpc) is 2.47. The first-order valence-corrected chi connectivity index (χ1v) is 4.64. The lowest BCUT2D eigenvalue weighted by atomic mass is 10.2. The quantitative estimate of drug-likeness (QED) is 0.760. The summed E-state index contributed by atoms with van der Waals surface area (Å²) in [6.45, 7) is 0. The lowest BCUT2D eigenvalue weighted by Crippen LogP contribution is -2.06. The number of aromatic nitrogens is 3. The van der Waals surface area contributed by atoms with Crippen LogP contribution in [0.3, 0.4) is 0 Å². The zero-order valence-electron chi connectivity index (χ0n) is 6.56. The third kappa shape index (κ3) is 1.45. The molecule has 14 heavy (non-hydrogen) atoms. The maximum atomic E-state index is 12.4. The number of fused-ring (bicyclic) bond motifs is 1. The minimum absolute atomic E-state index is 0.0283. The van der Waals surface area contributed by atoms with Gasteiger partial charge in [-0.25, -0.2) is 4.98 Å². The predicted octanol–water partition coefficient (Wildman–Crippen LogP) is 2.58. The molecule has 0 aliphatic heterocycles. The van der Waals surface area contributed by atoms with E-state index in [1.54, 1.807) is 0 Å². The number of hydrogen-bond acceptors (Lipinski definition) is 2. The molecule has 0 atom stereocenters. The fourth-order valence-corrected chi connectivity index (χ4v) is 1.79. The molecule has 0 bridgehead atoms. The molecule has 7 heteroatoms. The van der Waals surface area contributed by atoms with Crippen LogP contribution in [0.5, 0.6) is 0 Å². The fraction of sp³-hybridized carbons (Fsp3) is 0.143. The summed E-state index contributed by atoms with van der Waals surface area (Å²) in [6, 6.07) is 1.51. The topological polar surface area (TPSA) is 41.6 Å². The van der Waals surface area contributed by atoms with E-state index in [0.717, 1.165) is 0 Å². The Labute approximate surface area is 89.9 Å². The van der Waals surface area contributed by atoms with E-state index in [9.17, 15) is 13.2 Å². The molecule has 0 aromatic carbocycles. The van der Waals surface area contributed by atoms with Crippen molar-refractivity contribution in [2.24, 2.45) is 0 Å². The molecule has 2 heterocycles. The second kappa shape index (κ2) is 3.07. The molecular formula is C7H3F3IN3. The van der Waals surface area contributed by atoms with Crippen LogP contribution in [0.1, 0.15) is 5.69 Å². The van der Waals surface area contributed by atoms with E-state index in [-0.39, 0.29) is 11.0 Å². The molecule has 0 unspecified atom stereocenters. The number of rotatable bonds is 0. The van der Waals surface area contributed by atoms with Crippen molar-refractivity contribution in [3.05, 3.63) is 21.5 Å². The average molecular weight is 313 g/mol. The maximum absolute atomic E-state index is 12.4. The molecule has 1 N–H and O–H groups in total. The molecule has 2 aromatic heterocycles. The summed E-state index contributed by atoms with van der Waals surface area (Å²) in [7, 11) is 0. The van der Waals surface area contributed by atoms with Crippen molar-refractivity contribution in [3.8, 4) is 0 Å². The van der Waals surface area contributed by atoms with E-state index in [4.69, 9.17) is 0 Å². The molecule has 3 nitrogen and oxygen atoms in total. The van der Waals surface area contributed by atoms with E-state index in [0.29, 0.717) is 3.57 Å². The maximum Gasteiger partial charge on any atom is 0.433 e. The van der Waals surface area contributed by atoms with E-state index in [1.807, 2.05) is 27.7 Å². The number of H-pyrrole nitrogens is 1. The first kappa shape index (κ1) is 9.69. The molecule has 0 radical (unpaired) electrons. The summed E-state index contributed by atoms with van der Waals surface area (Å²) in [5.74, 6) is 0. The van der Waals surface area contributed by atoms with Crippen LogP contribution in [0.25, 0.3) is 11.0 Å². The smallest absolute Gasteiger partial charge is 0.271 e. The second-order valence-electron chi connectivity index (χ2n) is 2.59. The predicted molar refractivity (Wildman–Crippen MR) is 51.6 cm³/mol. The summed E-state index contributed by atoms with van der Waals surface area (Å²) in [4.78, 5) is 3.73. The highest BCUT2D eigenvalue weighted by Crippen LogP contribution is 2.34. The van der Waals surface area contributed by atoms with Crippen LogP contribution in [0, 0.1) is 3.57 Å². The molecule has 2 rings (SSSR count). The lowest BCUT2D eigenvalue weighted by molar-refractivity contribution is -0.139. The standard InChI is InChI=1S/C7H3F3IN3/c8-7(9,10)5-4-3(11)1-2-12-6(4)14-13-5/h1-2H,(H,12,13,14).